The highest BCUT2D eigenvalue weighted by Gasteiger charge is 2.13. The zero-order chi connectivity index (χ0) is 15.5. The highest BCUT2D eigenvalue weighted by Crippen LogP contribution is 2.35. The van der Waals surface area contributed by atoms with Gasteiger partial charge in [0.1, 0.15) is 0 Å². The Morgan fingerprint density at radius 2 is 1.67 bits per heavy atom. The lowest BCUT2D eigenvalue weighted by Crippen LogP contribution is -2.02. The summed E-state index contributed by atoms with van der Waals surface area (Å²) in [4.78, 5) is 2.46. The fourth-order valence-corrected chi connectivity index (χ4v) is 4.64. The van der Waals surface area contributed by atoms with Crippen LogP contribution in [0.3, 0.4) is 0 Å². The van der Waals surface area contributed by atoms with Crippen molar-refractivity contribution in [2.24, 2.45) is 0 Å². The fourth-order valence-electron chi connectivity index (χ4n) is 2.10. The van der Waals surface area contributed by atoms with E-state index in [1.165, 1.54) is 26.5 Å². The molecule has 0 unspecified atom stereocenters. The van der Waals surface area contributed by atoms with Crippen LogP contribution in [0, 0.1) is 13.8 Å². The van der Waals surface area contributed by atoms with Gasteiger partial charge in [0.25, 0.3) is 10.1 Å². The van der Waals surface area contributed by atoms with Crippen LogP contribution in [0.1, 0.15) is 33.7 Å². The standard InChI is InChI=1S/C15H18O3S3/c1-11-6-8-19-14(11)13(15-12(2)7-9-20-15)5-3-4-10-21(16,17)18/h5-9H,3-4,10H2,1-2H3,(H,16,17,18). The average Bonchev–Trinajstić information content (AvgIpc) is 2.98. The minimum atomic E-state index is -3.87. The molecule has 6 heteroatoms. The van der Waals surface area contributed by atoms with Crippen LogP contribution in [0.4, 0.5) is 0 Å². The van der Waals surface area contributed by atoms with Gasteiger partial charge in [-0.1, -0.05) is 6.08 Å². The summed E-state index contributed by atoms with van der Waals surface area (Å²) in [5, 5.41) is 4.14. The van der Waals surface area contributed by atoms with E-state index in [9.17, 15) is 8.42 Å². The van der Waals surface area contributed by atoms with Crippen LogP contribution >= 0.6 is 22.7 Å². The van der Waals surface area contributed by atoms with E-state index in [4.69, 9.17) is 4.55 Å². The third kappa shape index (κ3) is 4.51. The first kappa shape index (κ1) is 16.4. The maximum absolute atomic E-state index is 10.8. The van der Waals surface area contributed by atoms with Crippen LogP contribution < -0.4 is 0 Å². The summed E-state index contributed by atoms with van der Waals surface area (Å²) in [5.41, 5.74) is 3.63. The molecule has 2 aromatic heterocycles. The Labute approximate surface area is 133 Å². The van der Waals surface area contributed by atoms with Crippen molar-refractivity contribution in [2.75, 3.05) is 5.75 Å². The largest absolute Gasteiger partial charge is 0.286 e. The topological polar surface area (TPSA) is 54.4 Å². The Balaban J connectivity index is 2.25. The Hall–Kier alpha value is -0.950. The van der Waals surface area contributed by atoms with Crippen molar-refractivity contribution in [3.63, 3.8) is 0 Å². The predicted octanol–water partition coefficient (Wildman–Crippen LogP) is 4.53. The zero-order valence-corrected chi connectivity index (χ0v) is 14.4. The molecule has 0 bridgehead atoms. The van der Waals surface area contributed by atoms with Gasteiger partial charge < -0.3 is 0 Å². The smallest absolute Gasteiger partial charge is 0.264 e. The van der Waals surface area contributed by atoms with Crippen molar-refractivity contribution in [1.29, 1.82) is 0 Å². The fraction of sp³-hybridized carbons (Fsp3) is 0.333. The number of unbranched alkanes of at least 4 members (excludes halogenated alkanes) is 1. The van der Waals surface area contributed by atoms with Crippen molar-refractivity contribution in [1.82, 2.24) is 0 Å². The van der Waals surface area contributed by atoms with Crippen molar-refractivity contribution in [3.05, 3.63) is 49.9 Å². The van der Waals surface area contributed by atoms with Crippen molar-refractivity contribution in [2.45, 2.75) is 26.7 Å². The number of hydrogen-bond donors (Lipinski definition) is 1. The summed E-state index contributed by atoms with van der Waals surface area (Å²) in [5.74, 6) is -0.191. The molecule has 2 aromatic rings. The molecule has 0 spiro atoms. The minimum absolute atomic E-state index is 0.191. The molecule has 3 nitrogen and oxygen atoms in total. The van der Waals surface area contributed by atoms with E-state index in [1.807, 2.05) is 0 Å². The number of thiophene rings is 2. The second-order valence-corrected chi connectivity index (χ2v) is 8.32. The quantitative estimate of drug-likeness (QED) is 0.620. The maximum atomic E-state index is 10.8. The van der Waals surface area contributed by atoms with Gasteiger partial charge in [-0.15, -0.1) is 22.7 Å². The van der Waals surface area contributed by atoms with Crippen molar-refractivity contribution in [3.8, 4) is 0 Å². The van der Waals surface area contributed by atoms with E-state index in [2.05, 4.69) is 42.8 Å². The van der Waals surface area contributed by atoms with Crippen LogP contribution in [-0.2, 0) is 10.1 Å². The molecule has 0 fully saturated rings. The molecular formula is C15H18O3S3. The first-order valence-electron chi connectivity index (χ1n) is 6.63. The van der Waals surface area contributed by atoms with Gasteiger partial charge in [-0.3, -0.25) is 4.55 Å². The number of rotatable bonds is 6. The summed E-state index contributed by atoms with van der Waals surface area (Å²) in [7, 11) is -3.87. The van der Waals surface area contributed by atoms with Crippen LogP contribution in [0.5, 0.6) is 0 Å². The van der Waals surface area contributed by atoms with E-state index in [1.54, 1.807) is 22.7 Å². The summed E-state index contributed by atoms with van der Waals surface area (Å²) in [6.45, 7) is 4.17. The molecule has 0 radical (unpaired) electrons. The molecule has 2 rings (SSSR count). The van der Waals surface area contributed by atoms with Crippen LogP contribution in [-0.4, -0.2) is 18.7 Å². The van der Waals surface area contributed by atoms with E-state index in [0.29, 0.717) is 12.8 Å². The van der Waals surface area contributed by atoms with Gasteiger partial charge in [-0.2, -0.15) is 8.42 Å². The first-order chi connectivity index (χ1) is 9.88. The second-order valence-electron chi connectivity index (χ2n) is 4.91. The Bertz CT molecular complexity index is 694. The molecule has 2 heterocycles. The molecule has 114 valence electrons. The Morgan fingerprint density at radius 1 is 1.14 bits per heavy atom. The van der Waals surface area contributed by atoms with Crippen LogP contribution in [0.25, 0.3) is 5.57 Å². The molecule has 21 heavy (non-hydrogen) atoms. The van der Waals surface area contributed by atoms with Crippen LogP contribution in [0.15, 0.2) is 29.0 Å². The minimum Gasteiger partial charge on any atom is -0.286 e. The van der Waals surface area contributed by atoms with Crippen LogP contribution in [0.2, 0.25) is 0 Å². The van der Waals surface area contributed by atoms with Gasteiger partial charge in [0.05, 0.1) is 5.75 Å². The van der Waals surface area contributed by atoms with Gasteiger partial charge >= 0.3 is 0 Å². The summed E-state index contributed by atoms with van der Waals surface area (Å²) in [6, 6.07) is 4.18. The average molecular weight is 343 g/mol. The van der Waals surface area contributed by atoms with Gasteiger partial charge in [-0.25, -0.2) is 0 Å². The van der Waals surface area contributed by atoms with E-state index < -0.39 is 10.1 Å². The summed E-state index contributed by atoms with van der Waals surface area (Å²) < 4.78 is 30.4. The lowest BCUT2D eigenvalue weighted by molar-refractivity contribution is 0.481. The van der Waals surface area contributed by atoms with E-state index >= 15 is 0 Å². The molecule has 0 saturated heterocycles. The number of aryl methyl sites for hydroxylation is 2. The molecule has 0 aliphatic rings. The van der Waals surface area contributed by atoms with E-state index in [0.717, 1.165) is 0 Å². The third-order valence-electron chi connectivity index (χ3n) is 3.17. The monoisotopic (exact) mass is 342 g/mol. The molecular weight excluding hydrogens is 324 g/mol. The molecule has 0 atom stereocenters. The molecule has 0 aromatic carbocycles. The van der Waals surface area contributed by atoms with E-state index in [-0.39, 0.29) is 5.75 Å². The maximum Gasteiger partial charge on any atom is 0.264 e. The SMILES string of the molecule is Cc1ccsc1C(=CCCCS(=O)(=O)O)c1sccc1C. The lowest BCUT2D eigenvalue weighted by atomic mass is 10.0. The zero-order valence-electron chi connectivity index (χ0n) is 12.0. The van der Waals surface area contributed by atoms with Gasteiger partial charge in [-0.05, 0) is 60.7 Å². The lowest BCUT2D eigenvalue weighted by Gasteiger charge is -2.07. The first-order valence-corrected chi connectivity index (χ1v) is 9.99. The molecule has 0 aliphatic carbocycles. The van der Waals surface area contributed by atoms with Crippen molar-refractivity contribution >= 4 is 38.4 Å². The Kier molecular flexibility index (Phi) is 5.37. The number of allylic oxidation sites excluding steroid dienone is 1. The molecule has 0 amide bonds. The predicted molar refractivity (Wildman–Crippen MR) is 90.8 cm³/mol. The van der Waals surface area contributed by atoms with Gasteiger partial charge in [0.2, 0.25) is 0 Å². The second kappa shape index (κ2) is 6.87. The normalized spacial score (nSPS) is 11.6. The number of hydrogen-bond acceptors (Lipinski definition) is 4. The summed E-state index contributed by atoms with van der Waals surface area (Å²) in [6.07, 6.45) is 3.14. The highest BCUT2D eigenvalue weighted by molar-refractivity contribution is 7.85. The highest BCUT2D eigenvalue weighted by atomic mass is 32.2. The molecule has 0 saturated carbocycles. The van der Waals surface area contributed by atoms with Gasteiger partial charge in [0.15, 0.2) is 0 Å². The van der Waals surface area contributed by atoms with Crippen molar-refractivity contribution < 1.29 is 13.0 Å². The summed E-state index contributed by atoms with van der Waals surface area (Å²) >= 11 is 3.40. The third-order valence-corrected chi connectivity index (χ3v) is 6.07. The Morgan fingerprint density at radius 3 is 2.05 bits per heavy atom. The van der Waals surface area contributed by atoms with Gasteiger partial charge in [0, 0.05) is 15.3 Å². The molecule has 1 N–H and O–H groups in total. The molecule has 0 aliphatic heterocycles.